The molecule has 0 fully saturated rings. The summed E-state index contributed by atoms with van der Waals surface area (Å²) in [6.45, 7) is 0. The van der Waals surface area contributed by atoms with Gasteiger partial charge in [0.05, 0.1) is 6.34 Å². The van der Waals surface area contributed by atoms with Gasteiger partial charge in [-0.3, -0.25) is 4.79 Å². The molecular weight excluding hydrogens is 180 g/mol. The molecule has 0 saturated carbocycles. The minimum atomic E-state index is 0.0703. The second-order valence-electron chi connectivity index (χ2n) is 2.18. The molecule has 3 nitrogen and oxygen atoms in total. The van der Waals surface area contributed by atoms with Crippen LogP contribution in [0.25, 0.3) is 0 Å². The van der Waals surface area contributed by atoms with Gasteiger partial charge in [0.15, 0.2) is 0 Å². The molecule has 0 unspecified atom stereocenters. The second-order valence-corrected chi connectivity index (χ2v) is 4.33. The highest BCUT2D eigenvalue weighted by Crippen LogP contribution is 2.19. The lowest BCUT2D eigenvalue weighted by Gasteiger charge is -1.99. The second kappa shape index (κ2) is 3.64. The number of nitrogens with zero attached hydrogens (tertiary/aromatic N) is 2. The highest BCUT2D eigenvalue weighted by atomic mass is 32.9. The van der Waals surface area contributed by atoms with E-state index in [4.69, 9.17) is 0 Å². The van der Waals surface area contributed by atoms with Crippen molar-refractivity contribution in [2.24, 2.45) is 4.99 Å². The van der Waals surface area contributed by atoms with Crippen LogP contribution in [0.15, 0.2) is 15.9 Å². The molecule has 1 rings (SSSR count). The first kappa shape index (κ1) is 8.42. The Bertz CT molecular complexity index is 300. The molecule has 0 radical (unpaired) electrons. The van der Waals surface area contributed by atoms with Gasteiger partial charge in [0, 0.05) is 20.2 Å². The van der Waals surface area contributed by atoms with Crippen LogP contribution in [0.2, 0.25) is 0 Å². The van der Waals surface area contributed by atoms with Crippen molar-refractivity contribution in [2.45, 2.75) is 0 Å². The van der Waals surface area contributed by atoms with Gasteiger partial charge in [-0.25, -0.2) is 4.99 Å². The molecule has 11 heavy (non-hydrogen) atoms. The van der Waals surface area contributed by atoms with E-state index < -0.39 is 0 Å². The van der Waals surface area contributed by atoms with E-state index in [2.05, 4.69) is 4.99 Å². The van der Waals surface area contributed by atoms with Crippen LogP contribution >= 0.6 is 20.7 Å². The van der Waals surface area contributed by atoms with Crippen LogP contribution in [0.3, 0.4) is 0 Å². The molecule has 0 aliphatic carbocycles. The third-order valence-corrected chi connectivity index (χ3v) is 2.88. The largest absolute Gasteiger partial charge is 0.369 e. The molecule has 5 heteroatoms. The van der Waals surface area contributed by atoms with Gasteiger partial charge in [-0.05, 0) is 10.3 Å². The Morgan fingerprint density at radius 2 is 2.27 bits per heavy atom. The Morgan fingerprint density at radius 3 is 2.73 bits per heavy atom. The first-order valence-electron chi connectivity index (χ1n) is 2.99. The lowest BCUT2D eigenvalue weighted by molar-refractivity contribution is 0.643. The van der Waals surface area contributed by atoms with E-state index in [-0.39, 0.29) is 4.74 Å². The van der Waals surface area contributed by atoms with Crippen molar-refractivity contribution in [1.82, 2.24) is 4.90 Å². The van der Waals surface area contributed by atoms with Crippen LogP contribution in [-0.4, -0.2) is 25.3 Å². The molecular formula is C6H8N2OS2. The maximum atomic E-state index is 10.7. The molecule has 60 valence electrons. The van der Waals surface area contributed by atoms with Gasteiger partial charge in [0.2, 0.25) is 4.74 Å². The van der Waals surface area contributed by atoms with Crippen molar-refractivity contribution in [3.8, 4) is 0 Å². The Hall–Kier alpha value is -0.680. The maximum absolute atomic E-state index is 10.7. The zero-order chi connectivity index (χ0) is 8.27. The molecule has 1 heterocycles. The van der Waals surface area contributed by atoms with Crippen LogP contribution in [0.5, 0.6) is 0 Å². The van der Waals surface area contributed by atoms with E-state index in [0.29, 0.717) is 0 Å². The van der Waals surface area contributed by atoms with Crippen molar-refractivity contribution in [3.05, 3.63) is 15.6 Å². The molecule has 0 bridgehead atoms. The standard InChI is InChI=1S/C6H8N2OS2/c1-8(2)4-7-5-3-6(9)11-10-5/h3-4H,1-2H3/b7-4+. The van der Waals surface area contributed by atoms with Crippen LogP contribution in [0.1, 0.15) is 0 Å². The Morgan fingerprint density at radius 1 is 1.55 bits per heavy atom. The highest BCUT2D eigenvalue weighted by Gasteiger charge is 1.92. The quantitative estimate of drug-likeness (QED) is 0.399. The zero-order valence-electron chi connectivity index (χ0n) is 6.27. The zero-order valence-corrected chi connectivity index (χ0v) is 7.91. The van der Waals surface area contributed by atoms with Gasteiger partial charge in [-0.15, -0.1) is 0 Å². The first-order valence-corrected chi connectivity index (χ1v) is 5.14. The lowest BCUT2D eigenvalue weighted by atomic mass is 10.7. The summed E-state index contributed by atoms with van der Waals surface area (Å²) < 4.78 is 0.0703. The minimum absolute atomic E-state index is 0.0703. The smallest absolute Gasteiger partial charge is 0.245 e. The highest BCUT2D eigenvalue weighted by molar-refractivity contribution is 7.70. The SMILES string of the molecule is CN(C)/C=N/c1cc(=O)ss1. The lowest BCUT2D eigenvalue weighted by Crippen LogP contribution is -2.06. The third-order valence-electron chi connectivity index (χ3n) is 0.866. The number of rotatable bonds is 2. The first-order chi connectivity index (χ1) is 5.18. The van der Waals surface area contributed by atoms with Crippen molar-refractivity contribution in [1.29, 1.82) is 0 Å². The van der Waals surface area contributed by atoms with E-state index in [1.54, 1.807) is 6.34 Å². The molecule has 1 aromatic rings. The van der Waals surface area contributed by atoms with Gasteiger partial charge in [0.25, 0.3) is 0 Å². The fourth-order valence-corrected chi connectivity index (χ4v) is 2.03. The van der Waals surface area contributed by atoms with E-state index in [9.17, 15) is 4.79 Å². The Kier molecular flexibility index (Phi) is 2.78. The van der Waals surface area contributed by atoms with Gasteiger partial charge in [-0.1, -0.05) is 10.3 Å². The fourth-order valence-electron chi connectivity index (χ4n) is 0.464. The van der Waals surface area contributed by atoms with Gasteiger partial charge in [0.1, 0.15) is 5.00 Å². The van der Waals surface area contributed by atoms with Crippen LogP contribution in [0.4, 0.5) is 5.00 Å². The van der Waals surface area contributed by atoms with Crippen molar-refractivity contribution >= 4 is 32.0 Å². The van der Waals surface area contributed by atoms with Crippen molar-refractivity contribution in [2.75, 3.05) is 14.1 Å². The normalized spacial score (nSPS) is 10.7. The third kappa shape index (κ3) is 2.81. The minimum Gasteiger partial charge on any atom is -0.369 e. The van der Waals surface area contributed by atoms with Gasteiger partial charge >= 0.3 is 0 Å². The molecule has 0 amide bonds. The molecule has 0 spiro atoms. The van der Waals surface area contributed by atoms with Crippen LogP contribution < -0.4 is 4.74 Å². The average Bonchev–Trinajstić information content (AvgIpc) is 2.31. The van der Waals surface area contributed by atoms with E-state index >= 15 is 0 Å². The molecule has 0 atom stereocenters. The predicted molar refractivity (Wildman–Crippen MR) is 50.3 cm³/mol. The number of hydrogen-bond acceptors (Lipinski definition) is 4. The number of aliphatic imine (C=N–C) groups is 1. The molecule has 0 aliphatic heterocycles. The molecule has 0 N–H and O–H groups in total. The average molecular weight is 188 g/mol. The maximum Gasteiger partial charge on any atom is 0.245 e. The number of hydrogen-bond donors (Lipinski definition) is 0. The summed E-state index contributed by atoms with van der Waals surface area (Å²) in [4.78, 5) is 16.6. The molecule has 1 aromatic heterocycles. The summed E-state index contributed by atoms with van der Waals surface area (Å²) >= 11 is 0. The van der Waals surface area contributed by atoms with Gasteiger partial charge < -0.3 is 4.90 Å². The van der Waals surface area contributed by atoms with Crippen LogP contribution in [-0.2, 0) is 0 Å². The van der Waals surface area contributed by atoms with E-state index in [1.807, 2.05) is 19.0 Å². The monoisotopic (exact) mass is 188 g/mol. The van der Waals surface area contributed by atoms with Gasteiger partial charge in [-0.2, -0.15) is 0 Å². The molecule has 0 aliphatic rings. The summed E-state index contributed by atoms with van der Waals surface area (Å²) in [5, 5.41) is 0.772. The van der Waals surface area contributed by atoms with E-state index in [0.717, 1.165) is 5.00 Å². The van der Waals surface area contributed by atoms with Crippen molar-refractivity contribution in [3.63, 3.8) is 0 Å². The fraction of sp³-hybridized carbons (Fsp3) is 0.333. The summed E-state index contributed by atoms with van der Waals surface area (Å²) in [6.07, 6.45) is 1.68. The summed E-state index contributed by atoms with van der Waals surface area (Å²) in [5.41, 5.74) is 0. The Labute approximate surface area is 72.0 Å². The molecule has 0 aromatic carbocycles. The summed E-state index contributed by atoms with van der Waals surface area (Å²) in [5.74, 6) is 0. The van der Waals surface area contributed by atoms with E-state index in [1.165, 1.54) is 26.7 Å². The summed E-state index contributed by atoms with van der Waals surface area (Å²) in [7, 11) is 6.38. The Balaban J connectivity index is 2.72. The van der Waals surface area contributed by atoms with Crippen LogP contribution in [0, 0.1) is 0 Å². The predicted octanol–water partition coefficient (Wildman–Crippen LogP) is 1.39. The topological polar surface area (TPSA) is 32.7 Å². The summed E-state index contributed by atoms with van der Waals surface area (Å²) in [6, 6.07) is 1.54. The molecule has 0 saturated heterocycles. The van der Waals surface area contributed by atoms with Crippen molar-refractivity contribution < 1.29 is 0 Å².